The minimum absolute atomic E-state index is 0.0722. The van der Waals surface area contributed by atoms with Crippen LogP contribution in [0.4, 0.5) is 0 Å². The number of carbonyl (C=O) groups excluding carboxylic acids is 3. The van der Waals surface area contributed by atoms with E-state index in [1.807, 2.05) is 84.3 Å². The number of hydrogen-bond donors (Lipinski definition) is 3. The van der Waals surface area contributed by atoms with Crippen LogP contribution in [0.2, 0.25) is 0 Å². The summed E-state index contributed by atoms with van der Waals surface area (Å²) in [7, 11) is 0. The molecule has 5 heterocycles. The highest BCUT2D eigenvalue weighted by molar-refractivity contribution is 6.01. The molecule has 41 heavy (non-hydrogen) atoms. The molecule has 2 bridgehead atoms. The number of pyridine rings is 1. The first-order chi connectivity index (χ1) is 19.7. The number of H-pyrrole nitrogens is 1. The number of hydrogen-bond acceptors (Lipinski definition) is 5. The molecule has 4 aromatic rings. The number of carbonyl (C=O) groups is 3. The van der Waals surface area contributed by atoms with Crippen LogP contribution in [0.1, 0.15) is 41.7 Å². The molecule has 208 valence electrons. The van der Waals surface area contributed by atoms with Crippen molar-refractivity contribution in [1.29, 1.82) is 0 Å². The minimum Gasteiger partial charge on any atom is -0.351 e. The van der Waals surface area contributed by atoms with E-state index < -0.39 is 11.6 Å². The summed E-state index contributed by atoms with van der Waals surface area (Å²) in [6, 6.07) is 22.0. The fraction of sp³-hybridized carbons (Fsp3) is 0.312. The third-order valence-electron chi connectivity index (χ3n) is 9.01. The van der Waals surface area contributed by atoms with Gasteiger partial charge in [-0.2, -0.15) is 0 Å². The van der Waals surface area contributed by atoms with Crippen molar-refractivity contribution in [3.05, 3.63) is 90.4 Å². The highest BCUT2D eigenvalue weighted by Crippen LogP contribution is 2.43. The number of amides is 3. The van der Waals surface area contributed by atoms with Gasteiger partial charge in [-0.25, -0.2) is 0 Å². The number of para-hydroxylation sites is 1. The topological polar surface area (TPSA) is 110 Å². The molecule has 3 fully saturated rings. The van der Waals surface area contributed by atoms with Gasteiger partial charge in [0, 0.05) is 40.7 Å². The summed E-state index contributed by atoms with van der Waals surface area (Å²) in [4.78, 5) is 52.2. The first-order valence-electron chi connectivity index (χ1n) is 14.0. The van der Waals surface area contributed by atoms with E-state index in [2.05, 4.69) is 27.5 Å². The lowest BCUT2D eigenvalue weighted by atomic mass is 9.88. The van der Waals surface area contributed by atoms with Gasteiger partial charge in [0.25, 0.3) is 11.8 Å². The molecular formula is C32H32N6O3. The van der Waals surface area contributed by atoms with Crippen molar-refractivity contribution in [2.24, 2.45) is 5.92 Å². The lowest BCUT2D eigenvalue weighted by molar-refractivity contribution is -0.148. The number of fused-ring (bicyclic) bond motifs is 6. The van der Waals surface area contributed by atoms with Gasteiger partial charge in [-0.05, 0) is 37.6 Å². The largest absolute Gasteiger partial charge is 0.351 e. The molecule has 0 saturated carbocycles. The van der Waals surface area contributed by atoms with Crippen LogP contribution in [0.25, 0.3) is 22.0 Å². The van der Waals surface area contributed by atoms with Crippen LogP contribution >= 0.6 is 0 Å². The molecule has 5 atom stereocenters. The zero-order valence-corrected chi connectivity index (χ0v) is 23.2. The fourth-order valence-electron chi connectivity index (χ4n) is 6.88. The Morgan fingerprint density at radius 1 is 1.00 bits per heavy atom. The lowest BCUT2D eigenvalue weighted by Gasteiger charge is -2.52. The van der Waals surface area contributed by atoms with Crippen molar-refractivity contribution in [2.45, 2.75) is 50.6 Å². The Morgan fingerprint density at radius 2 is 1.76 bits per heavy atom. The zero-order chi connectivity index (χ0) is 28.5. The van der Waals surface area contributed by atoms with E-state index in [1.165, 1.54) is 0 Å². The molecule has 3 amide bonds. The SMILES string of the molecule is CC1C2C3NC(C)(C)C(NC(=O)c4cc5ccccc5[nH]4)C(=O)N3C1CN2C(=O)c1ccc(-c2ccccc2)cn1. The molecule has 0 radical (unpaired) electrons. The zero-order valence-electron chi connectivity index (χ0n) is 23.2. The molecule has 3 aliphatic rings. The molecule has 3 N–H and O–H groups in total. The highest BCUT2D eigenvalue weighted by Gasteiger charge is 2.63. The van der Waals surface area contributed by atoms with Crippen LogP contribution in [-0.4, -0.2) is 73.9 Å². The molecule has 9 heteroatoms. The monoisotopic (exact) mass is 548 g/mol. The van der Waals surface area contributed by atoms with Crippen LogP contribution in [0.3, 0.4) is 0 Å². The minimum atomic E-state index is -0.763. The molecule has 3 saturated heterocycles. The molecule has 3 aliphatic heterocycles. The summed E-state index contributed by atoms with van der Waals surface area (Å²) in [6.45, 7) is 6.36. The number of nitrogens with one attached hydrogen (secondary N) is 3. The second kappa shape index (κ2) is 9.27. The van der Waals surface area contributed by atoms with E-state index in [0.29, 0.717) is 17.9 Å². The maximum absolute atomic E-state index is 14.0. The van der Waals surface area contributed by atoms with Gasteiger partial charge in [-0.3, -0.25) is 24.7 Å². The second-order valence-corrected chi connectivity index (χ2v) is 11.9. The molecule has 2 aromatic heterocycles. The Bertz CT molecular complexity index is 1630. The summed E-state index contributed by atoms with van der Waals surface area (Å²) in [5, 5.41) is 7.54. The van der Waals surface area contributed by atoms with Crippen LogP contribution in [0, 0.1) is 5.92 Å². The van der Waals surface area contributed by atoms with E-state index in [-0.39, 0.29) is 41.9 Å². The molecule has 0 spiro atoms. The Labute approximate surface area is 237 Å². The first-order valence-corrected chi connectivity index (χ1v) is 14.0. The molecule has 5 unspecified atom stereocenters. The number of benzene rings is 2. The van der Waals surface area contributed by atoms with Gasteiger partial charge in [-0.1, -0.05) is 61.5 Å². The molecule has 2 aromatic carbocycles. The maximum atomic E-state index is 14.0. The summed E-state index contributed by atoms with van der Waals surface area (Å²) >= 11 is 0. The van der Waals surface area contributed by atoms with E-state index >= 15 is 0 Å². The standard InChI is InChI=1S/C32H32N6O3/c1-18-25-17-37(30(40)23-14-13-21(16-33-23)19-9-5-4-6-10-19)26(18)28-36-32(2,3)27(31(41)38(25)28)35-29(39)24-15-20-11-7-8-12-22(20)34-24/h4-16,18,25-28,34,36H,17H2,1-3H3,(H,35,39). The average Bonchev–Trinajstić information content (AvgIpc) is 3.64. The highest BCUT2D eigenvalue weighted by atomic mass is 16.2. The number of nitrogens with zero attached hydrogens (tertiary/aromatic N) is 3. The third kappa shape index (κ3) is 4.02. The van der Waals surface area contributed by atoms with Crippen LogP contribution in [-0.2, 0) is 4.79 Å². The van der Waals surface area contributed by atoms with Crippen molar-refractivity contribution in [3.63, 3.8) is 0 Å². The maximum Gasteiger partial charge on any atom is 0.272 e. The lowest BCUT2D eigenvalue weighted by Crippen LogP contribution is -2.77. The molecule has 0 aliphatic carbocycles. The Kier molecular flexibility index (Phi) is 5.76. The summed E-state index contributed by atoms with van der Waals surface area (Å²) in [6.07, 6.45) is 1.39. The van der Waals surface area contributed by atoms with Gasteiger partial charge in [0.15, 0.2) is 0 Å². The van der Waals surface area contributed by atoms with Crippen molar-refractivity contribution in [1.82, 2.24) is 30.4 Å². The van der Waals surface area contributed by atoms with Crippen LogP contribution in [0.5, 0.6) is 0 Å². The van der Waals surface area contributed by atoms with Crippen molar-refractivity contribution in [2.75, 3.05) is 6.54 Å². The van der Waals surface area contributed by atoms with Crippen molar-refractivity contribution < 1.29 is 14.4 Å². The molecular weight excluding hydrogens is 516 g/mol. The second-order valence-electron chi connectivity index (χ2n) is 11.9. The van der Waals surface area contributed by atoms with E-state index in [9.17, 15) is 14.4 Å². The quantitative estimate of drug-likeness (QED) is 0.362. The van der Waals surface area contributed by atoms with Crippen molar-refractivity contribution >= 4 is 28.6 Å². The molecule has 7 rings (SSSR count). The Hall–Kier alpha value is -4.50. The number of likely N-dealkylation sites (tertiary alicyclic amines) is 1. The predicted molar refractivity (Wildman–Crippen MR) is 155 cm³/mol. The van der Waals surface area contributed by atoms with Gasteiger partial charge < -0.3 is 20.1 Å². The van der Waals surface area contributed by atoms with E-state index in [4.69, 9.17) is 0 Å². The van der Waals surface area contributed by atoms with Gasteiger partial charge in [0.2, 0.25) is 5.91 Å². The smallest absolute Gasteiger partial charge is 0.272 e. The Balaban J connectivity index is 1.10. The van der Waals surface area contributed by atoms with Crippen LogP contribution in [0.15, 0.2) is 79.0 Å². The van der Waals surface area contributed by atoms with Gasteiger partial charge >= 0.3 is 0 Å². The van der Waals surface area contributed by atoms with Crippen molar-refractivity contribution in [3.8, 4) is 11.1 Å². The van der Waals surface area contributed by atoms with E-state index in [0.717, 1.165) is 22.0 Å². The summed E-state index contributed by atoms with van der Waals surface area (Å²) < 4.78 is 0. The third-order valence-corrected chi connectivity index (χ3v) is 9.01. The first kappa shape index (κ1) is 25.5. The molecule has 9 nitrogen and oxygen atoms in total. The van der Waals surface area contributed by atoms with Gasteiger partial charge in [0.1, 0.15) is 23.6 Å². The predicted octanol–water partition coefficient (Wildman–Crippen LogP) is 3.41. The average molecular weight is 549 g/mol. The number of rotatable bonds is 4. The number of aromatic nitrogens is 2. The number of piperazine rings is 1. The Morgan fingerprint density at radius 3 is 2.49 bits per heavy atom. The normalized spacial score (nSPS) is 26.3. The number of aromatic amines is 1. The summed E-state index contributed by atoms with van der Waals surface area (Å²) in [5.74, 6) is -0.514. The van der Waals surface area contributed by atoms with E-state index in [1.54, 1.807) is 18.3 Å². The van der Waals surface area contributed by atoms with Gasteiger partial charge in [-0.15, -0.1) is 0 Å². The summed E-state index contributed by atoms with van der Waals surface area (Å²) in [5.41, 5.74) is 2.92. The van der Waals surface area contributed by atoms with Gasteiger partial charge in [0.05, 0.1) is 12.1 Å². The van der Waals surface area contributed by atoms with Crippen LogP contribution < -0.4 is 10.6 Å². The fourth-order valence-corrected chi connectivity index (χ4v) is 6.88.